The maximum atomic E-state index is 12.0. The number of nitrogens with one attached hydrogen (secondary N) is 1. The molecule has 5 nitrogen and oxygen atoms in total. The number of benzene rings is 2. The van der Waals surface area contributed by atoms with E-state index in [1.807, 2.05) is 54.7 Å². The molecule has 0 fully saturated rings. The molecular weight excluding hydrogens is 338 g/mol. The highest BCUT2D eigenvalue weighted by Gasteiger charge is 2.11. The fourth-order valence-corrected chi connectivity index (χ4v) is 2.68. The van der Waals surface area contributed by atoms with Gasteiger partial charge in [0.2, 0.25) is 5.91 Å². The Labute approximate surface area is 150 Å². The third-order valence-electron chi connectivity index (χ3n) is 3.85. The number of aromatic nitrogens is 2. The zero-order valence-corrected chi connectivity index (χ0v) is 14.2. The Bertz CT molecular complexity index is 832. The summed E-state index contributed by atoms with van der Waals surface area (Å²) in [6, 6.07) is 16.5. The fraction of sp³-hybridized carbons (Fsp3) is 0.158. The highest BCUT2D eigenvalue weighted by Crippen LogP contribution is 2.17. The van der Waals surface area contributed by atoms with Gasteiger partial charge in [-0.15, -0.1) is 0 Å². The number of hydrogen-bond acceptors (Lipinski definition) is 3. The second-order valence-corrected chi connectivity index (χ2v) is 6.04. The molecule has 0 radical (unpaired) electrons. The number of rotatable bonds is 6. The van der Waals surface area contributed by atoms with E-state index in [1.54, 1.807) is 16.9 Å². The highest BCUT2D eigenvalue weighted by molar-refractivity contribution is 6.31. The Morgan fingerprint density at radius 3 is 2.60 bits per heavy atom. The number of halogens is 1. The standard InChI is InChI=1S/C19H18ClN3O2/c20-17-5-2-1-4-15(17)12-19(25)21-13-18(24)14-6-8-16(9-7-14)23-11-3-10-22-23/h1-11,18,24H,12-13H2,(H,21,25). The lowest BCUT2D eigenvalue weighted by Gasteiger charge is -2.13. The van der Waals surface area contributed by atoms with Crippen molar-refractivity contribution in [2.45, 2.75) is 12.5 Å². The Kier molecular flexibility index (Phi) is 5.48. The monoisotopic (exact) mass is 355 g/mol. The summed E-state index contributed by atoms with van der Waals surface area (Å²) in [7, 11) is 0. The number of hydrogen-bond donors (Lipinski definition) is 2. The summed E-state index contributed by atoms with van der Waals surface area (Å²) in [4.78, 5) is 12.0. The maximum absolute atomic E-state index is 12.0. The van der Waals surface area contributed by atoms with Crippen LogP contribution in [0.2, 0.25) is 5.02 Å². The van der Waals surface area contributed by atoms with Crippen LogP contribution in [0, 0.1) is 0 Å². The largest absolute Gasteiger partial charge is 0.387 e. The van der Waals surface area contributed by atoms with E-state index in [0.717, 1.165) is 16.8 Å². The molecule has 2 N–H and O–H groups in total. The minimum atomic E-state index is -0.776. The van der Waals surface area contributed by atoms with E-state index in [0.29, 0.717) is 5.02 Å². The molecule has 1 aromatic heterocycles. The molecule has 3 aromatic rings. The van der Waals surface area contributed by atoms with Crippen LogP contribution in [0.5, 0.6) is 0 Å². The Morgan fingerprint density at radius 2 is 1.92 bits per heavy atom. The van der Waals surface area contributed by atoms with Crippen LogP contribution in [-0.4, -0.2) is 27.3 Å². The van der Waals surface area contributed by atoms with Gasteiger partial charge in [-0.05, 0) is 35.4 Å². The SMILES string of the molecule is O=C(Cc1ccccc1Cl)NCC(O)c1ccc(-n2cccn2)cc1. The van der Waals surface area contributed by atoms with E-state index in [9.17, 15) is 9.90 Å². The lowest BCUT2D eigenvalue weighted by molar-refractivity contribution is -0.120. The van der Waals surface area contributed by atoms with E-state index >= 15 is 0 Å². The molecule has 1 amide bonds. The molecule has 0 aliphatic rings. The predicted octanol–water partition coefficient (Wildman–Crippen LogP) is 2.92. The number of carbonyl (C=O) groups is 1. The molecule has 0 saturated heterocycles. The second kappa shape index (κ2) is 7.96. The molecule has 1 atom stereocenters. The molecule has 3 rings (SSSR count). The summed E-state index contributed by atoms with van der Waals surface area (Å²) in [6.45, 7) is 0.143. The van der Waals surface area contributed by atoms with Crippen LogP contribution in [0.1, 0.15) is 17.2 Å². The maximum Gasteiger partial charge on any atom is 0.224 e. The van der Waals surface area contributed by atoms with Crippen LogP contribution in [-0.2, 0) is 11.2 Å². The van der Waals surface area contributed by atoms with Gasteiger partial charge in [0.1, 0.15) is 0 Å². The quantitative estimate of drug-likeness (QED) is 0.714. The van der Waals surface area contributed by atoms with Gasteiger partial charge in [-0.3, -0.25) is 4.79 Å². The topological polar surface area (TPSA) is 67.2 Å². The molecule has 6 heteroatoms. The van der Waals surface area contributed by atoms with Crippen molar-refractivity contribution in [2.24, 2.45) is 0 Å². The van der Waals surface area contributed by atoms with Crippen molar-refractivity contribution in [3.05, 3.63) is 83.1 Å². The first-order valence-electron chi connectivity index (χ1n) is 7.91. The lowest BCUT2D eigenvalue weighted by atomic mass is 10.1. The zero-order valence-electron chi connectivity index (χ0n) is 13.5. The van der Waals surface area contributed by atoms with Gasteiger partial charge in [-0.1, -0.05) is 41.9 Å². The summed E-state index contributed by atoms with van der Waals surface area (Å²) < 4.78 is 1.74. The zero-order chi connectivity index (χ0) is 17.6. The summed E-state index contributed by atoms with van der Waals surface area (Å²) >= 11 is 6.05. The van der Waals surface area contributed by atoms with Crippen LogP contribution in [0.4, 0.5) is 0 Å². The molecule has 1 heterocycles. The van der Waals surface area contributed by atoms with Crippen molar-refractivity contribution in [2.75, 3.05) is 6.54 Å². The van der Waals surface area contributed by atoms with E-state index < -0.39 is 6.10 Å². The van der Waals surface area contributed by atoms with E-state index in [4.69, 9.17) is 11.6 Å². The Balaban J connectivity index is 1.54. The molecule has 2 aromatic carbocycles. The Hall–Kier alpha value is -2.63. The number of aliphatic hydroxyl groups excluding tert-OH is 1. The number of nitrogens with zero attached hydrogens (tertiary/aromatic N) is 2. The number of amides is 1. The molecule has 0 spiro atoms. The minimum Gasteiger partial charge on any atom is -0.387 e. The second-order valence-electron chi connectivity index (χ2n) is 5.63. The van der Waals surface area contributed by atoms with Crippen LogP contribution >= 0.6 is 11.6 Å². The average Bonchev–Trinajstić information content (AvgIpc) is 3.16. The third-order valence-corrected chi connectivity index (χ3v) is 4.22. The van der Waals surface area contributed by atoms with Gasteiger partial charge in [-0.25, -0.2) is 4.68 Å². The van der Waals surface area contributed by atoms with Gasteiger partial charge in [0.25, 0.3) is 0 Å². The van der Waals surface area contributed by atoms with Gasteiger partial charge >= 0.3 is 0 Å². The third kappa shape index (κ3) is 4.47. The normalized spacial score (nSPS) is 11.9. The minimum absolute atomic E-state index is 0.143. The van der Waals surface area contributed by atoms with Gasteiger partial charge in [0, 0.05) is 24.0 Å². The van der Waals surface area contributed by atoms with Crippen molar-refractivity contribution >= 4 is 17.5 Å². The first-order chi connectivity index (χ1) is 12.1. The van der Waals surface area contributed by atoms with Gasteiger partial charge < -0.3 is 10.4 Å². The lowest BCUT2D eigenvalue weighted by Crippen LogP contribution is -2.29. The van der Waals surface area contributed by atoms with Crippen molar-refractivity contribution in [3.8, 4) is 5.69 Å². The Morgan fingerprint density at radius 1 is 1.16 bits per heavy atom. The highest BCUT2D eigenvalue weighted by atomic mass is 35.5. The van der Waals surface area contributed by atoms with Crippen LogP contribution < -0.4 is 5.32 Å². The van der Waals surface area contributed by atoms with Crippen LogP contribution in [0.15, 0.2) is 67.0 Å². The summed E-state index contributed by atoms with van der Waals surface area (Å²) in [5.74, 6) is -0.180. The van der Waals surface area contributed by atoms with Crippen LogP contribution in [0.3, 0.4) is 0 Å². The molecule has 0 aliphatic carbocycles. The summed E-state index contributed by atoms with van der Waals surface area (Å²) in [5, 5.41) is 17.7. The van der Waals surface area contributed by atoms with Crippen molar-refractivity contribution in [1.29, 1.82) is 0 Å². The molecular formula is C19H18ClN3O2. The van der Waals surface area contributed by atoms with Crippen LogP contribution in [0.25, 0.3) is 5.69 Å². The van der Waals surface area contributed by atoms with Gasteiger partial charge in [0.15, 0.2) is 0 Å². The van der Waals surface area contributed by atoms with Gasteiger partial charge in [-0.2, -0.15) is 5.10 Å². The first-order valence-corrected chi connectivity index (χ1v) is 8.29. The number of carbonyl (C=O) groups excluding carboxylic acids is 1. The molecule has 1 unspecified atom stereocenters. The fourth-order valence-electron chi connectivity index (χ4n) is 2.48. The van der Waals surface area contributed by atoms with Crippen molar-refractivity contribution in [3.63, 3.8) is 0 Å². The van der Waals surface area contributed by atoms with Crippen molar-refractivity contribution < 1.29 is 9.90 Å². The molecule has 25 heavy (non-hydrogen) atoms. The first kappa shape index (κ1) is 17.2. The van der Waals surface area contributed by atoms with Crippen molar-refractivity contribution in [1.82, 2.24) is 15.1 Å². The van der Waals surface area contributed by atoms with E-state index in [-0.39, 0.29) is 18.9 Å². The molecule has 0 aliphatic heterocycles. The number of aliphatic hydroxyl groups is 1. The predicted molar refractivity (Wildman–Crippen MR) is 96.7 cm³/mol. The molecule has 128 valence electrons. The smallest absolute Gasteiger partial charge is 0.224 e. The van der Waals surface area contributed by atoms with E-state index in [2.05, 4.69) is 10.4 Å². The van der Waals surface area contributed by atoms with E-state index in [1.165, 1.54) is 0 Å². The molecule has 0 bridgehead atoms. The molecule has 0 saturated carbocycles. The van der Waals surface area contributed by atoms with Gasteiger partial charge in [0.05, 0.1) is 18.2 Å². The average molecular weight is 356 g/mol. The summed E-state index contributed by atoms with van der Waals surface area (Å²) in [5.41, 5.74) is 2.40. The summed E-state index contributed by atoms with van der Waals surface area (Å²) in [6.07, 6.45) is 2.96.